The van der Waals surface area contributed by atoms with Crippen LogP contribution in [0.5, 0.6) is 0 Å². The van der Waals surface area contributed by atoms with Gasteiger partial charge in [-0.05, 0) is 25.1 Å². The Morgan fingerprint density at radius 2 is 2.06 bits per heavy atom. The van der Waals surface area contributed by atoms with Gasteiger partial charge < -0.3 is 10.2 Å². The van der Waals surface area contributed by atoms with Gasteiger partial charge in [-0.25, -0.2) is 4.98 Å². The standard InChI is InChI=1S/C13H16N4.ClH/c1-17(10-6-7-14-8-10)13-9-15-11-4-2-3-5-12(11)16-13;/h2-5,9-10,14H,6-8H2,1H3;1H/t10-;/m1./s1. The van der Waals surface area contributed by atoms with Gasteiger partial charge in [0.1, 0.15) is 5.82 Å². The predicted octanol–water partition coefficient (Wildman–Crippen LogP) is 1.85. The molecule has 1 fully saturated rings. The van der Waals surface area contributed by atoms with E-state index in [1.165, 1.54) is 6.42 Å². The first kappa shape index (κ1) is 13.1. The Morgan fingerprint density at radius 1 is 1.28 bits per heavy atom. The first-order valence-corrected chi connectivity index (χ1v) is 6.00. The largest absolute Gasteiger partial charge is 0.354 e. The van der Waals surface area contributed by atoms with Crippen LogP contribution in [0.1, 0.15) is 6.42 Å². The molecule has 1 aliphatic rings. The van der Waals surface area contributed by atoms with Crippen LogP contribution in [0.15, 0.2) is 30.5 Å². The van der Waals surface area contributed by atoms with E-state index in [-0.39, 0.29) is 12.4 Å². The highest BCUT2D eigenvalue weighted by molar-refractivity contribution is 5.85. The van der Waals surface area contributed by atoms with Crippen molar-refractivity contribution >= 4 is 29.3 Å². The number of benzene rings is 1. The van der Waals surface area contributed by atoms with E-state index in [0.29, 0.717) is 6.04 Å². The molecule has 18 heavy (non-hydrogen) atoms. The molecular formula is C13H17ClN4. The Labute approximate surface area is 113 Å². The second-order valence-electron chi connectivity index (χ2n) is 4.47. The highest BCUT2D eigenvalue weighted by atomic mass is 35.5. The zero-order valence-corrected chi connectivity index (χ0v) is 11.2. The van der Waals surface area contributed by atoms with Crippen molar-refractivity contribution in [2.24, 2.45) is 0 Å². The molecule has 4 nitrogen and oxygen atoms in total. The van der Waals surface area contributed by atoms with Crippen LogP contribution >= 0.6 is 12.4 Å². The fourth-order valence-corrected chi connectivity index (χ4v) is 2.27. The van der Waals surface area contributed by atoms with Crippen molar-refractivity contribution in [3.8, 4) is 0 Å². The molecule has 1 aromatic carbocycles. The Hall–Kier alpha value is -1.39. The average Bonchev–Trinajstić information content (AvgIpc) is 2.91. The fraction of sp³-hybridized carbons (Fsp3) is 0.385. The van der Waals surface area contributed by atoms with Crippen LogP contribution in [0.4, 0.5) is 5.82 Å². The Bertz CT molecular complexity index is 525. The molecule has 1 aromatic heterocycles. The molecule has 2 aromatic rings. The second-order valence-corrected chi connectivity index (χ2v) is 4.47. The van der Waals surface area contributed by atoms with Crippen molar-refractivity contribution in [3.63, 3.8) is 0 Å². The van der Waals surface area contributed by atoms with Gasteiger partial charge in [0.15, 0.2) is 0 Å². The summed E-state index contributed by atoms with van der Waals surface area (Å²) in [5, 5.41) is 3.37. The highest BCUT2D eigenvalue weighted by Crippen LogP contribution is 2.18. The van der Waals surface area contributed by atoms with E-state index >= 15 is 0 Å². The smallest absolute Gasteiger partial charge is 0.147 e. The summed E-state index contributed by atoms with van der Waals surface area (Å²) >= 11 is 0. The van der Waals surface area contributed by atoms with Crippen LogP contribution in [-0.4, -0.2) is 36.1 Å². The van der Waals surface area contributed by atoms with E-state index in [4.69, 9.17) is 0 Å². The van der Waals surface area contributed by atoms with Gasteiger partial charge in [0, 0.05) is 19.6 Å². The molecule has 0 aliphatic carbocycles. The Morgan fingerprint density at radius 3 is 2.78 bits per heavy atom. The normalized spacial score (nSPS) is 18.6. The number of hydrogen-bond acceptors (Lipinski definition) is 4. The number of hydrogen-bond donors (Lipinski definition) is 1. The first-order chi connectivity index (χ1) is 8.34. The monoisotopic (exact) mass is 264 g/mol. The third-order valence-electron chi connectivity index (χ3n) is 3.38. The molecule has 2 heterocycles. The molecule has 0 bridgehead atoms. The number of fused-ring (bicyclic) bond motifs is 1. The van der Waals surface area contributed by atoms with Crippen LogP contribution in [0.25, 0.3) is 11.0 Å². The van der Waals surface area contributed by atoms with Gasteiger partial charge in [0.25, 0.3) is 0 Å². The Balaban J connectivity index is 0.00000120. The minimum absolute atomic E-state index is 0. The first-order valence-electron chi connectivity index (χ1n) is 6.00. The number of halogens is 1. The zero-order valence-electron chi connectivity index (χ0n) is 10.3. The molecule has 96 valence electrons. The van der Waals surface area contributed by atoms with Gasteiger partial charge in [0.2, 0.25) is 0 Å². The number of nitrogens with zero attached hydrogens (tertiary/aromatic N) is 3. The molecular weight excluding hydrogens is 248 g/mol. The van der Waals surface area contributed by atoms with E-state index in [9.17, 15) is 0 Å². The summed E-state index contributed by atoms with van der Waals surface area (Å²) in [5.74, 6) is 0.956. The third kappa shape index (κ3) is 2.40. The lowest BCUT2D eigenvalue weighted by atomic mass is 10.2. The van der Waals surface area contributed by atoms with Crippen molar-refractivity contribution in [2.75, 3.05) is 25.0 Å². The van der Waals surface area contributed by atoms with E-state index in [1.54, 1.807) is 0 Å². The maximum absolute atomic E-state index is 4.66. The van der Waals surface area contributed by atoms with Crippen molar-refractivity contribution in [1.82, 2.24) is 15.3 Å². The third-order valence-corrected chi connectivity index (χ3v) is 3.38. The average molecular weight is 265 g/mol. The lowest BCUT2D eigenvalue weighted by Crippen LogP contribution is -2.33. The quantitative estimate of drug-likeness (QED) is 0.899. The number of anilines is 1. The molecule has 5 heteroatoms. The van der Waals surface area contributed by atoms with E-state index < -0.39 is 0 Å². The number of para-hydroxylation sites is 2. The van der Waals surface area contributed by atoms with Crippen LogP contribution in [0.3, 0.4) is 0 Å². The summed E-state index contributed by atoms with van der Waals surface area (Å²) in [6.45, 7) is 2.13. The fourth-order valence-electron chi connectivity index (χ4n) is 2.27. The molecule has 0 amide bonds. The number of nitrogens with one attached hydrogen (secondary N) is 1. The summed E-state index contributed by atoms with van der Waals surface area (Å²) < 4.78 is 0. The van der Waals surface area contributed by atoms with Crippen molar-refractivity contribution in [1.29, 1.82) is 0 Å². The number of likely N-dealkylation sites (N-methyl/N-ethyl adjacent to an activating group) is 1. The van der Waals surface area contributed by atoms with Crippen molar-refractivity contribution in [2.45, 2.75) is 12.5 Å². The van der Waals surface area contributed by atoms with Crippen LogP contribution in [0.2, 0.25) is 0 Å². The number of rotatable bonds is 2. The molecule has 0 unspecified atom stereocenters. The van der Waals surface area contributed by atoms with Crippen LogP contribution < -0.4 is 10.2 Å². The molecule has 1 saturated heterocycles. The molecule has 0 spiro atoms. The highest BCUT2D eigenvalue weighted by Gasteiger charge is 2.20. The van der Waals surface area contributed by atoms with Crippen molar-refractivity contribution in [3.05, 3.63) is 30.5 Å². The summed E-state index contributed by atoms with van der Waals surface area (Å²) in [4.78, 5) is 11.3. The maximum Gasteiger partial charge on any atom is 0.147 e. The predicted molar refractivity (Wildman–Crippen MR) is 76.5 cm³/mol. The van der Waals surface area contributed by atoms with E-state index in [1.807, 2.05) is 30.5 Å². The SMILES string of the molecule is CN(c1cnc2ccccc2n1)[C@@H]1CCNC1.Cl. The van der Waals surface area contributed by atoms with Crippen LogP contribution in [0, 0.1) is 0 Å². The molecule has 1 N–H and O–H groups in total. The molecule has 0 saturated carbocycles. The lowest BCUT2D eigenvalue weighted by Gasteiger charge is -2.24. The summed E-state index contributed by atoms with van der Waals surface area (Å²) in [5.41, 5.74) is 1.91. The summed E-state index contributed by atoms with van der Waals surface area (Å²) in [6, 6.07) is 8.51. The Kier molecular flexibility index (Phi) is 3.99. The van der Waals surface area contributed by atoms with E-state index in [2.05, 4.69) is 27.2 Å². The van der Waals surface area contributed by atoms with E-state index in [0.717, 1.165) is 29.9 Å². The van der Waals surface area contributed by atoms with Gasteiger partial charge in [-0.2, -0.15) is 0 Å². The van der Waals surface area contributed by atoms with Gasteiger partial charge in [-0.1, -0.05) is 12.1 Å². The van der Waals surface area contributed by atoms with Gasteiger partial charge in [-0.15, -0.1) is 12.4 Å². The lowest BCUT2D eigenvalue weighted by molar-refractivity contribution is 0.678. The molecule has 1 atom stereocenters. The minimum atomic E-state index is 0. The van der Waals surface area contributed by atoms with Gasteiger partial charge >= 0.3 is 0 Å². The summed E-state index contributed by atoms with van der Waals surface area (Å²) in [6.07, 6.45) is 3.03. The maximum atomic E-state index is 4.66. The molecule has 0 radical (unpaired) electrons. The molecule has 1 aliphatic heterocycles. The van der Waals surface area contributed by atoms with Crippen LogP contribution in [-0.2, 0) is 0 Å². The van der Waals surface area contributed by atoms with Gasteiger partial charge in [0.05, 0.1) is 17.2 Å². The zero-order chi connectivity index (χ0) is 11.7. The van der Waals surface area contributed by atoms with Gasteiger partial charge in [-0.3, -0.25) is 4.98 Å². The molecule has 3 rings (SSSR count). The topological polar surface area (TPSA) is 41.1 Å². The summed E-state index contributed by atoms with van der Waals surface area (Å²) in [7, 11) is 2.09. The number of aromatic nitrogens is 2. The van der Waals surface area contributed by atoms with Crippen molar-refractivity contribution < 1.29 is 0 Å². The second kappa shape index (κ2) is 5.50. The minimum Gasteiger partial charge on any atom is -0.354 e.